The Kier molecular flexibility index (Phi) is 1.06. The van der Waals surface area contributed by atoms with Crippen LogP contribution in [0.15, 0.2) is 0 Å². The minimum atomic E-state index is -0.354. The highest BCUT2D eigenvalue weighted by Gasteiger charge is 2.51. The Morgan fingerprint density at radius 1 is 1.45 bits per heavy atom. The summed E-state index contributed by atoms with van der Waals surface area (Å²) >= 11 is 0. The van der Waals surface area contributed by atoms with Crippen molar-refractivity contribution in [1.82, 2.24) is 10.6 Å². The Morgan fingerprint density at radius 2 is 2.09 bits per heavy atom. The largest absolute Gasteiger partial charge is 0.325 e. The molecule has 2 fully saturated rings. The number of carbonyl (C=O) groups excluding carboxylic acids is 2. The van der Waals surface area contributed by atoms with E-state index in [1.165, 1.54) is 0 Å². The summed E-state index contributed by atoms with van der Waals surface area (Å²) in [6.45, 7) is 2.02. The third-order valence-electron chi connectivity index (χ3n) is 2.51. The number of imide groups is 1. The molecule has 1 atom stereocenters. The smallest absolute Gasteiger partial charge is 0.322 e. The topological polar surface area (TPSA) is 58.2 Å². The molecule has 4 heteroatoms. The van der Waals surface area contributed by atoms with Crippen LogP contribution in [0.2, 0.25) is 0 Å². The zero-order chi connectivity index (χ0) is 8.06. The molecule has 0 aromatic carbocycles. The van der Waals surface area contributed by atoms with E-state index in [2.05, 4.69) is 10.6 Å². The molecule has 0 aromatic heterocycles. The van der Waals surface area contributed by atoms with Crippen molar-refractivity contribution in [2.24, 2.45) is 5.41 Å². The van der Waals surface area contributed by atoms with Gasteiger partial charge in [-0.1, -0.05) is 6.92 Å². The second-order valence-electron chi connectivity index (χ2n) is 3.55. The minimum Gasteiger partial charge on any atom is -0.325 e. The Balaban J connectivity index is 2.15. The van der Waals surface area contributed by atoms with Crippen LogP contribution in [0.3, 0.4) is 0 Å². The highest BCUT2D eigenvalue weighted by molar-refractivity contribution is 6.04. The summed E-state index contributed by atoms with van der Waals surface area (Å²) in [5, 5.41) is 4.83. The average Bonchev–Trinajstić information content (AvgIpc) is 2.55. The molecular weight excluding hydrogens is 144 g/mol. The Bertz CT molecular complexity index is 233. The Morgan fingerprint density at radius 3 is 2.45 bits per heavy atom. The number of carbonyl (C=O) groups is 2. The van der Waals surface area contributed by atoms with E-state index in [-0.39, 0.29) is 23.4 Å². The lowest BCUT2D eigenvalue weighted by molar-refractivity contribution is -0.121. The van der Waals surface area contributed by atoms with Gasteiger partial charge < -0.3 is 5.32 Å². The van der Waals surface area contributed by atoms with Crippen LogP contribution in [-0.2, 0) is 4.79 Å². The van der Waals surface area contributed by atoms with Crippen molar-refractivity contribution in [2.45, 2.75) is 25.8 Å². The minimum absolute atomic E-state index is 0.0379. The second kappa shape index (κ2) is 1.75. The van der Waals surface area contributed by atoms with E-state index in [1.54, 1.807) is 0 Å². The molecule has 11 heavy (non-hydrogen) atoms. The summed E-state index contributed by atoms with van der Waals surface area (Å²) in [6.07, 6.45) is 2.07. The molecule has 1 saturated carbocycles. The van der Waals surface area contributed by atoms with Crippen LogP contribution in [0, 0.1) is 5.41 Å². The second-order valence-corrected chi connectivity index (χ2v) is 3.55. The van der Waals surface area contributed by atoms with Crippen molar-refractivity contribution in [1.29, 1.82) is 0 Å². The first-order valence-corrected chi connectivity index (χ1v) is 3.73. The van der Waals surface area contributed by atoms with Gasteiger partial charge in [0.05, 0.1) is 0 Å². The molecule has 0 spiro atoms. The lowest BCUT2D eigenvalue weighted by atomic mass is 10.00. The zero-order valence-corrected chi connectivity index (χ0v) is 6.31. The van der Waals surface area contributed by atoms with Crippen LogP contribution < -0.4 is 10.6 Å². The molecule has 60 valence electrons. The van der Waals surface area contributed by atoms with Crippen LogP contribution in [-0.4, -0.2) is 18.0 Å². The van der Waals surface area contributed by atoms with Gasteiger partial charge in [0.15, 0.2) is 0 Å². The van der Waals surface area contributed by atoms with Gasteiger partial charge in [0.2, 0.25) is 0 Å². The summed E-state index contributed by atoms with van der Waals surface area (Å²) in [4.78, 5) is 21.8. The molecule has 0 bridgehead atoms. The van der Waals surface area contributed by atoms with Crippen LogP contribution in [0.1, 0.15) is 19.8 Å². The van der Waals surface area contributed by atoms with Gasteiger partial charge in [-0.15, -0.1) is 0 Å². The van der Waals surface area contributed by atoms with E-state index in [1.807, 2.05) is 6.92 Å². The SMILES string of the molecule is CC1(C2NC(=O)NC2=O)CC1. The number of hydrogen-bond donors (Lipinski definition) is 2. The van der Waals surface area contributed by atoms with Crippen molar-refractivity contribution >= 4 is 11.9 Å². The van der Waals surface area contributed by atoms with Gasteiger partial charge in [0.1, 0.15) is 6.04 Å². The zero-order valence-electron chi connectivity index (χ0n) is 6.31. The maximum atomic E-state index is 11.1. The third kappa shape index (κ3) is 0.895. The van der Waals surface area contributed by atoms with Crippen molar-refractivity contribution in [3.05, 3.63) is 0 Å². The summed E-state index contributed by atoms with van der Waals surface area (Å²) in [6, 6.07) is -0.636. The molecule has 4 nitrogen and oxygen atoms in total. The van der Waals surface area contributed by atoms with Crippen molar-refractivity contribution < 1.29 is 9.59 Å². The molecule has 0 aromatic rings. The molecule has 2 N–H and O–H groups in total. The lowest BCUT2D eigenvalue weighted by Crippen LogP contribution is -2.36. The van der Waals surface area contributed by atoms with Gasteiger partial charge in [-0.2, -0.15) is 0 Å². The average molecular weight is 154 g/mol. The van der Waals surface area contributed by atoms with Gasteiger partial charge in [0, 0.05) is 0 Å². The van der Waals surface area contributed by atoms with E-state index in [4.69, 9.17) is 0 Å². The first kappa shape index (κ1) is 6.64. The van der Waals surface area contributed by atoms with Crippen LogP contribution in [0.5, 0.6) is 0 Å². The Labute approximate surface area is 64.3 Å². The van der Waals surface area contributed by atoms with Gasteiger partial charge in [-0.25, -0.2) is 4.79 Å². The fourth-order valence-electron chi connectivity index (χ4n) is 1.39. The van der Waals surface area contributed by atoms with Gasteiger partial charge in [-0.3, -0.25) is 10.1 Å². The van der Waals surface area contributed by atoms with E-state index in [0.29, 0.717) is 0 Å². The summed E-state index contributed by atoms with van der Waals surface area (Å²) in [5.74, 6) is -0.171. The number of hydrogen-bond acceptors (Lipinski definition) is 2. The normalized spacial score (nSPS) is 33.0. The Hall–Kier alpha value is -1.06. The maximum absolute atomic E-state index is 11.1. The van der Waals surface area contributed by atoms with Gasteiger partial charge in [0.25, 0.3) is 5.91 Å². The first-order chi connectivity index (χ1) is 5.12. The maximum Gasteiger partial charge on any atom is 0.322 e. The molecule has 3 amide bonds. The van der Waals surface area contributed by atoms with Crippen LogP contribution >= 0.6 is 0 Å². The van der Waals surface area contributed by atoms with Crippen molar-refractivity contribution in [3.63, 3.8) is 0 Å². The van der Waals surface area contributed by atoms with Crippen molar-refractivity contribution in [2.75, 3.05) is 0 Å². The standard InChI is InChI=1S/C7H10N2O2/c1-7(2-3-7)4-5(10)9-6(11)8-4/h4H,2-3H2,1H3,(H2,8,9,10,11). The van der Waals surface area contributed by atoms with Crippen LogP contribution in [0.4, 0.5) is 4.79 Å². The molecule has 2 rings (SSSR count). The molecule has 1 saturated heterocycles. The predicted octanol–water partition coefficient (Wildman–Crippen LogP) is -0.00550. The first-order valence-electron chi connectivity index (χ1n) is 3.73. The number of nitrogens with one attached hydrogen (secondary N) is 2. The van der Waals surface area contributed by atoms with Gasteiger partial charge in [-0.05, 0) is 18.3 Å². The highest BCUT2D eigenvalue weighted by atomic mass is 16.2. The fourth-order valence-corrected chi connectivity index (χ4v) is 1.39. The molecular formula is C7H10N2O2. The molecule has 1 unspecified atom stereocenters. The number of rotatable bonds is 1. The number of urea groups is 1. The predicted molar refractivity (Wildman–Crippen MR) is 37.8 cm³/mol. The quantitative estimate of drug-likeness (QED) is 0.522. The molecule has 1 aliphatic heterocycles. The van der Waals surface area contributed by atoms with Crippen LogP contribution in [0.25, 0.3) is 0 Å². The van der Waals surface area contributed by atoms with E-state index in [0.717, 1.165) is 12.8 Å². The van der Waals surface area contributed by atoms with E-state index >= 15 is 0 Å². The molecule has 0 radical (unpaired) electrons. The number of amides is 3. The molecule has 2 aliphatic rings. The summed E-state index contributed by atoms with van der Waals surface area (Å²) in [7, 11) is 0. The molecule has 1 aliphatic carbocycles. The van der Waals surface area contributed by atoms with Crippen molar-refractivity contribution in [3.8, 4) is 0 Å². The summed E-state index contributed by atoms with van der Waals surface area (Å²) in [5.41, 5.74) is 0.0379. The van der Waals surface area contributed by atoms with Gasteiger partial charge >= 0.3 is 6.03 Å². The summed E-state index contributed by atoms with van der Waals surface area (Å²) < 4.78 is 0. The third-order valence-corrected chi connectivity index (χ3v) is 2.51. The fraction of sp³-hybridized carbons (Fsp3) is 0.714. The lowest BCUT2D eigenvalue weighted by Gasteiger charge is -2.13. The monoisotopic (exact) mass is 154 g/mol. The molecule has 1 heterocycles. The van der Waals surface area contributed by atoms with E-state index in [9.17, 15) is 9.59 Å². The highest BCUT2D eigenvalue weighted by Crippen LogP contribution is 2.48. The van der Waals surface area contributed by atoms with E-state index < -0.39 is 0 Å².